The second-order valence-electron chi connectivity index (χ2n) is 4.48. The van der Waals surface area contributed by atoms with Gasteiger partial charge in [0.25, 0.3) is 0 Å². The molecule has 1 rings (SSSR count). The Kier molecular flexibility index (Phi) is 5.76. The number of nitrogens with zero attached hydrogens (tertiary/aromatic N) is 2. The minimum Gasteiger partial charge on any atom is -0.348 e. The van der Waals surface area contributed by atoms with Crippen LogP contribution in [0.15, 0.2) is 0 Å². The highest BCUT2D eigenvalue weighted by Gasteiger charge is 2.17. The van der Waals surface area contributed by atoms with E-state index in [1.54, 1.807) is 11.3 Å². The molecule has 17 heavy (non-hydrogen) atoms. The number of hydrogen-bond acceptors (Lipinski definition) is 5. The largest absolute Gasteiger partial charge is 0.348 e. The summed E-state index contributed by atoms with van der Waals surface area (Å²) in [4.78, 5) is 8.08. The molecule has 1 aromatic heterocycles. The summed E-state index contributed by atoms with van der Waals surface area (Å²) in [7, 11) is 2.12. The summed E-state index contributed by atoms with van der Waals surface area (Å²) in [6.07, 6.45) is 3.33. The molecular formula is C12H23N3S2. The van der Waals surface area contributed by atoms with Crippen LogP contribution in [0.25, 0.3) is 0 Å². The molecule has 2 unspecified atom stereocenters. The minimum absolute atomic E-state index is 0.0798. The first kappa shape index (κ1) is 14.8. The molecule has 1 aromatic rings. The Balaban J connectivity index is 2.75. The summed E-state index contributed by atoms with van der Waals surface area (Å²) in [6, 6.07) is 0.602. The first-order chi connectivity index (χ1) is 7.97. The molecule has 2 N–H and O–H groups in total. The van der Waals surface area contributed by atoms with E-state index in [9.17, 15) is 0 Å². The van der Waals surface area contributed by atoms with Crippen molar-refractivity contribution >= 4 is 28.2 Å². The maximum Gasteiger partial charge on any atom is 0.185 e. The van der Waals surface area contributed by atoms with Gasteiger partial charge in [-0.1, -0.05) is 0 Å². The maximum atomic E-state index is 5.93. The number of nitrogens with two attached hydrogens (primary N) is 1. The van der Waals surface area contributed by atoms with Crippen LogP contribution in [-0.4, -0.2) is 30.1 Å². The van der Waals surface area contributed by atoms with Gasteiger partial charge in [0, 0.05) is 24.0 Å². The summed E-state index contributed by atoms with van der Waals surface area (Å²) in [5.74, 6) is 1.19. The SMILES string of the molecule is CSCCC(C)N(C)c1nc(C)c(C(C)N)s1. The Hall–Kier alpha value is -0.260. The Morgan fingerprint density at radius 2 is 2.12 bits per heavy atom. The highest BCUT2D eigenvalue weighted by atomic mass is 32.2. The fraction of sp³-hybridized carbons (Fsp3) is 0.750. The van der Waals surface area contributed by atoms with E-state index in [-0.39, 0.29) is 6.04 Å². The van der Waals surface area contributed by atoms with Crippen LogP contribution < -0.4 is 10.6 Å². The molecule has 98 valence electrons. The molecule has 0 saturated carbocycles. The Morgan fingerprint density at radius 1 is 1.47 bits per heavy atom. The van der Waals surface area contributed by atoms with Crippen LogP contribution in [0, 0.1) is 6.92 Å². The normalized spacial score (nSPS) is 14.7. The zero-order valence-corrected chi connectivity index (χ0v) is 13.0. The average molecular weight is 273 g/mol. The number of rotatable bonds is 6. The van der Waals surface area contributed by atoms with E-state index in [1.807, 2.05) is 25.6 Å². The molecule has 3 nitrogen and oxygen atoms in total. The van der Waals surface area contributed by atoms with Gasteiger partial charge in [0.2, 0.25) is 0 Å². The number of aryl methyl sites for hydroxylation is 1. The first-order valence-corrected chi connectivity index (χ1v) is 8.13. The van der Waals surface area contributed by atoms with Crippen LogP contribution in [0.3, 0.4) is 0 Å². The highest BCUT2D eigenvalue weighted by molar-refractivity contribution is 7.98. The van der Waals surface area contributed by atoms with Crippen molar-refractivity contribution in [1.82, 2.24) is 4.98 Å². The van der Waals surface area contributed by atoms with Crippen LogP contribution in [0.4, 0.5) is 5.13 Å². The van der Waals surface area contributed by atoms with E-state index in [4.69, 9.17) is 5.73 Å². The van der Waals surface area contributed by atoms with Gasteiger partial charge in [-0.25, -0.2) is 4.98 Å². The molecule has 0 aliphatic carbocycles. The summed E-state index contributed by atoms with van der Waals surface area (Å²) in [6.45, 7) is 6.30. The van der Waals surface area contributed by atoms with E-state index in [0.717, 1.165) is 10.8 Å². The van der Waals surface area contributed by atoms with Crippen molar-refractivity contribution < 1.29 is 0 Å². The van der Waals surface area contributed by atoms with Gasteiger partial charge in [-0.05, 0) is 39.2 Å². The lowest BCUT2D eigenvalue weighted by Gasteiger charge is -2.23. The molecule has 0 fully saturated rings. The Morgan fingerprint density at radius 3 is 2.59 bits per heavy atom. The first-order valence-electron chi connectivity index (χ1n) is 5.92. The summed E-state index contributed by atoms with van der Waals surface area (Å²) < 4.78 is 0. The number of anilines is 1. The molecular weight excluding hydrogens is 250 g/mol. The molecule has 2 atom stereocenters. The summed E-state index contributed by atoms with van der Waals surface area (Å²) in [5, 5.41) is 1.09. The third-order valence-electron chi connectivity index (χ3n) is 2.94. The Labute approximate surface area is 113 Å². The molecule has 0 saturated heterocycles. The van der Waals surface area contributed by atoms with Crippen LogP contribution in [-0.2, 0) is 0 Å². The lowest BCUT2D eigenvalue weighted by atomic mass is 10.2. The zero-order valence-electron chi connectivity index (χ0n) is 11.4. The summed E-state index contributed by atoms with van der Waals surface area (Å²) in [5.41, 5.74) is 7.01. The van der Waals surface area contributed by atoms with Gasteiger partial charge in [0.15, 0.2) is 5.13 Å². The molecule has 0 radical (unpaired) electrons. The van der Waals surface area contributed by atoms with E-state index in [1.165, 1.54) is 17.1 Å². The number of thiazole rings is 1. The van der Waals surface area contributed by atoms with Gasteiger partial charge in [-0.15, -0.1) is 11.3 Å². The lowest BCUT2D eigenvalue weighted by molar-refractivity contribution is 0.667. The number of aromatic nitrogens is 1. The van der Waals surface area contributed by atoms with Crippen molar-refractivity contribution in [3.05, 3.63) is 10.6 Å². The monoisotopic (exact) mass is 273 g/mol. The third kappa shape index (κ3) is 3.86. The zero-order chi connectivity index (χ0) is 13.0. The van der Waals surface area contributed by atoms with Crippen molar-refractivity contribution in [1.29, 1.82) is 0 Å². The quantitative estimate of drug-likeness (QED) is 0.865. The van der Waals surface area contributed by atoms with E-state index in [0.29, 0.717) is 6.04 Å². The lowest BCUT2D eigenvalue weighted by Crippen LogP contribution is -2.29. The van der Waals surface area contributed by atoms with Gasteiger partial charge in [-0.3, -0.25) is 0 Å². The minimum atomic E-state index is 0.0798. The molecule has 0 bridgehead atoms. The maximum absolute atomic E-state index is 5.93. The number of thioether (sulfide) groups is 1. The van der Waals surface area contributed by atoms with E-state index < -0.39 is 0 Å². The molecule has 0 spiro atoms. The molecule has 0 aliphatic rings. The fourth-order valence-corrected chi connectivity index (χ4v) is 3.30. The van der Waals surface area contributed by atoms with Gasteiger partial charge in [0.1, 0.15) is 0 Å². The van der Waals surface area contributed by atoms with Gasteiger partial charge in [-0.2, -0.15) is 11.8 Å². The second-order valence-corrected chi connectivity index (χ2v) is 6.47. The van der Waals surface area contributed by atoms with E-state index >= 15 is 0 Å². The van der Waals surface area contributed by atoms with Crippen LogP contribution in [0.5, 0.6) is 0 Å². The second kappa shape index (κ2) is 6.61. The van der Waals surface area contributed by atoms with Gasteiger partial charge in [0.05, 0.1) is 5.69 Å². The molecule has 0 aromatic carbocycles. The predicted octanol–water partition coefficient (Wildman–Crippen LogP) is 3.05. The van der Waals surface area contributed by atoms with Gasteiger partial charge >= 0.3 is 0 Å². The topological polar surface area (TPSA) is 42.2 Å². The van der Waals surface area contributed by atoms with Crippen molar-refractivity contribution in [3.63, 3.8) is 0 Å². The highest BCUT2D eigenvalue weighted by Crippen LogP contribution is 2.30. The standard InChI is InChI=1S/C12H23N3S2/c1-8(6-7-16-5)15(4)12-14-10(3)11(17-12)9(2)13/h8-9H,6-7,13H2,1-5H3. The predicted molar refractivity (Wildman–Crippen MR) is 80.3 cm³/mol. The van der Waals surface area contributed by atoms with Crippen LogP contribution in [0.2, 0.25) is 0 Å². The molecule has 1 heterocycles. The third-order valence-corrected chi connectivity index (χ3v) is 5.03. The summed E-state index contributed by atoms with van der Waals surface area (Å²) >= 11 is 3.61. The fourth-order valence-electron chi connectivity index (χ4n) is 1.64. The van der Waals surface area contributed by atoms with Crippen LogP contribution >= 0.6 is 23.1 Å². The van der Waals surface area contributed by atoms with Crippen molar-refractivity contribution in [2.75, 3.05) is 24.0 Å². The number of hydrogen-bond donors (Lipinski definition) is 1. The van der Waals surface area contributed by atoms with Gasteiger partial charge < -0.3 is 10.6 Å². The van der Waals surface area contributed by atoms with E-state index in [2.05, 4.69) is 30.1 Å². The average Bonchev–Trinajstić information content (AvgIpc) is 2.67. The molecule has 0 aliphatic heterocycles. The van der Waals surface area contributed by atoms with Crippen molar-refractivity contribution in [3.8, 4) is 0 Å². The smallest absolute Gasteiger partial charge is 0.185 e. The molecule has 0 amide bonds. The Bertz CT molecular complexity index is 350. The van der Waals surface area contributed by atoms with Crippen molar-refractivity contribution in [2.24, 2.45) is 5.73 Å². The van der Waals surface area contributed by atoms with Crippen LogP contribution in [0.1, 0.15) is 36.9 Å². The molecule has 5 heteroatoms. The van der Waals surface area contributed by atoms with Crippen molar-refractivity contribution in [2.45, 2.75) is 39.3 Å².